The molecule has 0 bridgehead atoms. The van der Waals surface area contributed by atoms with Crippen molar-refractivity contribution in [3.05, 3.63) is 35.0 Å². The van der Waals surface area contributed by atoms with Gasteiger partial charge in [-0.2, -0.15) is 0 Å². The molecule has 2 heterocycles. The van der Waals surface area contributed by atoms with Gasteiger partial charge in [0.15, 0.2) is 17.3 Å². The summed E-state index contributed by atoms with van der Waals surface area (Å²) in [5.74, 6) is -0.263. The predicted molar refractivity (Wildman–Crippen MR) is 91.4 cm³/mol. The van der Waals surface area contributed by atoms with Crippen molar-refractivity contribution >= 4 is 11.8 Å². The van der Waals surface area contributed by atoms with Gasteiger partial charge in [-0.25, -0.2) is 4.79 Å². The minimum Gasteiger partial charge on any atom is -0.504 e. The molecule has 1 aromatic rings. The molecule has 0 aromatic heterocycles. The first-order chi connectivity index (χ1) is 12.0. The Balaban J connectivity index is 1.99. The van der Waals surface area contributed by atoms with Crippen LogP contribution < -0.4 is 4.74 Å². The highest BCUT2D eigenvalue weighted by Gasteiger charge is 2.38. The van der Waals surface area contributed by atoms with Crippen LogP contribution in [0.15, 0.2) is 23.9 Å². The molecule has 134 valence electrons. The number of hydrogen-bond acceptors (Lipinski definition) is 6. The van der Waals surface area contributed by atoms with Crippen molar-refractivity contribution in [3.8, 4) is 11.5 Å². The van der Waals surface area contributed by atoms with Gasteiger partial charge in [0.1, 0.15) is 5.57 Å². The first kappa shape index (κ1) is 17.3. The smallest absolute Gasteiger partial charge is 0.343 e. The minimum absolute atomic E-state index is 0.0720. The molecule has 2 unspecified atom stereocenters. The Bertz CT molecular complexity index is 740. The second-order valence-corrected chi connectivity index (χ2v) is 6.36. The maximum Gasteiger partial charge on any atom is 0.343 e. The Morgan fingerprint density at radius 2 is 2.04 bits per heavy atom. The van der Waals surface area contributed by atoms with Gasteiger partial charge in [-0.3, -0.25) is 4.79 Å². The van der Waals surface area contributed by atoms with Gasteiger partial charge < -0.3 is 19.5 Å². The van der Waals surface area contributed by atoms with Crippen LogP contribution in [0.4, 0.5) is 0 Å². The van der Waals surface area contributed by atoms with E-state index in [9.17, 15) is 14.7 Å². The molecule has 25 heavy (non-hydrogen) atoms. The number of esters is 1. The van der Waals surface area contributed by atoms with Gasteiger partial charge in [0.2, 0.25) is 0 Å². The van der Waals surface area contributed by atoms with Crippen molar-refractivity contribution in [1.82, 2.24) is 4.90 Å². The number of hydrogen-bond donors (Lipinski definition) is 1. The third-order valence-corrected chi connectivity index (χ3v) is 4.72. The largest absolute Gasteiger partial charge is 0.504 e. The van der Waals surface area contributed by atoms with E-state index in [1.165, 1.54) is 0 Å². The molecule has 0 aliphatic carbocycles. The quantitative estimate of drug-likeness (QED) is 0.667. The van der Waals surface area contributed by atoms with Crippen LogP contribution in [0, 0.1) is 0 Å². The molecule has 6 heteroatoms. The summed E-state index contributed by atoms with van der Waals surface area (Å²) in [6, 6.07) is 3.47. The van der Waals surface area contributed by atoms with Crippen molar-refractivity contribution in [2.24, 2.45) is 0 Å². The maximum atomic E-state index is 12.5. The molecule has 0 spiro atoms. The molecule has 0 fully saturated rings. The number of carbonyl (C=O) groups excluding carboxylic acids is 2. The van der Waals surface area contributed by atoms with E-state index in [0.29, 0.717) is 12.4 Å². The fourth-order valence-corrected chi connectivity index (χ4v) is 3.59. The number of fused-ring (bicyclic) bond motifs is 3. The van der Waals surface area contributed by atoms with Crippen LogP contribution in [0.2, 0.25) is 0 Å². The van der Waals surface area contributed by atoms with E-state index in [0.717, 1.165) is 17.5 Å². The molecule has 1 N–H and O–H groups in total. The third-order valence-electron chi connectivity index (χ3n) is 4.72. The normalized spacial score (nSPS) is 22.0. The van der Waals surface area contributed by atoms with Crippen LogP contribution >= 0.6 is 0 Å². The average molecular weight is 345 g/mol. The number of phenolic OH excluding ortho intramolecular Hbond substituents is 1. The standard InChI is InChI=1S/C19H23NO5/c1-4-24-18-7-12-6-11(3)20-10-14(19(23)25-5-2)16(21)9-15(20)13(12)8-17(18)22/h7-8,10-11,15,22H,4-6,9H2,1-3H3. The summed E-state index contributed by atoms with van der Waals surface area (Å²) in [7, 11) is 0. The number of ketones is 1. The number of ether oxygens (including phenoxy) is 2. The lowest BCUT2D eigenvalue weighted by Gasteiger charge is -2.43. The van der Waals surface area contributed by atoms with Crippen LogP contribution in [0.3, 0.4) is 0 Å². The zero-order chi connectivity index (χ0) is 18.1. The molecule has 1 aromatic carbocycles. The predicted octanol–water partition coefficient (Wildman–Crippen LogP) is 2.50. The Labute approximate surface area is 147 Å². The number of aromatic hydroxyl groups is 1. The summed E-state index contributed by atoms with van der Waals surface area (Å²) in [5, 5.41) is 10.2. The summed E-state index contributed by atoms with van der Waals surface area (Å²) in [6.45, 7) is 6.34. The Hall–Kier alpha value is -2.50. The SMILES string of the molecule is CCOC(=O)C1=CN2C(C)Cc3cc(OCC)c(O)cc3C2CC1=O. The molecule has 0 saturated heterocycles. The van der Waals surface area contributed by atoms with Gasteiger partial charge in [-0.1, -0.05) is 0 Å². The highest BCUT2D eigenvalue weighted by molar-refractivity contribution is 6.17. The highest BCUT2D eigenvalue weighted by atomic mass is 16.5. The van der Waals surface area contributed by atoms with E-state index in [4.69, 9.17) is 9.47 Å². The molecule has 3 rings (SSSR count). The van der Waals surface area contributed by atoms with Crippen LogP contribution in [-0.2, 0) is 20.7 Å². The fraction of sp³-hybridized carbons (Fsp3) is 0.474. The van der Waals surface area contributed by atoms with E-state index < -0.39 is 5.97 Å². The van der Waals surface area contributed by atoms with Gasteiger partial charge >= 0.3 is 5.97 Å². The lowest BCUT2D eigenvalue weighted by Crippen LogP contribution is -2.43. The fourth-order valence-electron chi connectivity index (χ4n) is 3.59. The van der Waals surface area contributed by atoms with Crippen molar-refractivity contribution in [2.75, 3.05) is 13.2 Å². The number of Topliss-reactive ketones (excluding diaryl/α,β-unsaturated/α-hetero) is 1. The Kier molecular flexibility index (Phi) is 4.70. The number of nitrogens with zero attached hydrogens (tertiary/aromatic N) is 1. The summed E-state index contributed by atoms with van der Waals surface area (Å²) < 4.78 is 10.5. The second kappa shape index (κ2) is 6.78. The first-order valence-electron chi connectivity index (χ1n) is 8.64. The van der Waals surface area contributed by atoms with Gasteiger partial charge in [0.05, 0.1) is 19.3 Å². The average Bonchev–Trinajstić information content (AvgIpc) is 2.56. The summed E-state index contributed by atoms with van der Waals surface area (Å²) in [6.07, 6.45) is 2.55. The highest BCUT2D eigenvalue weighted by Crippen LogP contribution is 2.43. The lowest BCUT2D eigenvalue weighted by atomic mass is 9.83. The number of rotatable bonds is 4. The van der Waals surface area contributed by atoms with Crippen LogP contribution in [0.25, 0.3) is 0 Å². The molecule has 0 saturated carbocycles. The minimum atomic E-state index is -0.571. The van der Waals surface area contributed by atoms with Gasteiger partial charge in [0, 0.05) is 18.7 Å². The molecule has 0 amide bonds. The van der Waals surface area contributed by atoms with Gasteiger partial charge in [-0.05, 0) is 50.5 Å². The van der Waals surface area contributed by atoms with E-state index in [1.807, 2.05) is 17.9 Å². The Morgan fingerprint density at radius 1 is 1.28 bits per heavy atom. The molecule has 6 nitrogen and oxygen atoms in total. The third kappa shape index (κ3) is 3.08. The van der Waals surface area contributed by atoms with Gasteiger partial charge in [0.25, 0.3) is 0 Å². The van der Waals surface area contributed by atoms with Crippen LogP contribution in [0.1, 0.15) is 44.4 Å². The molecular weight excluding hydrogens is 322 g/mol. The van der Waals surface area contributed by atoms with Crippen molar-refractivity contribution in [3.63, 3.8) is 0 Å². The number of phenols is 1. The topological polar surface area (TPSA) is 76.1 Å². The van der Waals surface area contributed by atoms with E-state index in [-0.39, 0.29) is 42.2 Å². The van der Waals surface area contributed by atoms with E-state index in [2.05, 4.69) is 6.92 Å². The zero-order valence-corrected chi connectivity index (χ0v) is 14.7. The van der Waals surface area contributed by atoms with Crippen molar-refractivity contribution < 1.29 is 24.2 Å². The molecule has 2 aliphatic heterocycles. The van der Waals surface area contributed by atoms with Gasteiger partial charge in [-0.15, -0.1) is 0 Å². The van der Waals surface area contributed by atoms with Crippen molar-refractivity contribution in [1.29, 1.82) is 0 Å². The Morgan fingerprint density at radius 3 is 2.72 bits per heavy atom. The number of carbonyl (C=O) groups is 2. The first-order valence-corrected chi connectivity index (χ1v) is 8.64. The summed E-state index contributed by atoms with van der Waals surface area (Å²) in [5.41, 5.74) is 2.07. The summed E-state index contributed by atoms with van der Waals surface area (Å²) >= 11 is 0. The van der Waals surface area contributed by atoms with Crippen LogP contribution in [0.5, 0.6) is 11.5 Å². The van der Waals surface area contributed by atoms with E-state index >= 15 is 0 Å². The molecular formula is C19H23NO5. The second-order valence-electron chi connectivity index (χ2n) is 6.36. The lowest BCUT2D eigenvalue weighted by molar-refractivity contribution is -0.140. The zero-order valence-electron chi connectivity index (χ0n) is 14.7. The van der Waals surface area contributed by atoms with E-state index in [1.54, 1.807) is 19.2 Å². The molecule has 2 atom stereocenters. The monoisotopic (exact) mass is 345 g/mol. The van der Waals surface area contributed by atoms with Crippen molar-refractivity contribution in [2.45, 2.75) is 45.7 Å². The summed E-state index contributed by atoms with van der Waals surface area (Å²) in [4.78, 5) is 26.5. The van der Waals surface area contributed by atoms with Crippen LogP contribution in [-0.4, -0.2) is 41.0 Å². The maximum absolute atomic E-state index is 12.5. The molecule has 0 radical (unpaired) electrons. The number of benzene rings is 1. The molecule has 2 aliphatic rings.